The first-order chi connectivity index (χ1) is 15.2. The van der Waals surface area contributed by atoms with Gasteiger partial charge in [0.2, 0.25) is 0 Å². The number of imidazole rings is 1. The van der Waals surface area contributed by atoms with E-state index >= 15 is 0 Å². The normalized spacial score (nSPS) is 10.8. The molecular weight excluding hydrogens is 390 g/mol. The summed E-state index contributed by atoms with van der Waals surface area (Å²) in [7, 11) is 1.58. The summed E-state index contributed by atoms with van der Waals surface area (Å²) in [4.78, 5) is 21.6. The lowest BCUT2D eigenvalue weighted by atomic mass is 10.1. The van der Waals surface area contributed by atoms with Crippen molar-refractivity contribution in [2.24, 2.45) is 0 Å². The lowest BCUT2D eigenvalue weighted by Crippen LogP contribution is -2.30. The molecule has 0 saturated carbocycles. The van der Waals surface area contributed by atoms with E-state index in [1.165, 1.54) is 5.56 Å². The molecule has 2 N–H and O–H groups in total. The number of methoxy groups -OCH3 is 1. The molecule has 2 amide bonds. The summed E-state index contributed by atoms with van der Waals surface area (Å²) in [5.41, 5.74) is 4.59. The number of pyridine rings is 1. The predicted molar refractivity (Wildman–Crippen MR) is 122 cm³/mol. The van der Waals surface area contributed by atoms with E-state index in [1.807, 2.05) is 24.3 Å². The van der Waals surface area contributed by atoms with Crippen molar-refractivity contribution < 1.29 is 9.53 Å². The predicted octanol–water partition coefficient (Wildman–Crippen LogP) is 4.63. The van der Waals surface area contributed by atoms with Gasteiger partial charge in [-0.3, -0.25) is 0 Å². The standard InChI is InChI=1S/C24H25N5O2/c1-17-10-12-18(13-11-17)22-27-20-8-5-14-25-23(20)29(22)16-6-15-26-24(30)28-19-7-3-4-9-21(19)31-2/h3-5,7-14H,6,15-16H2,1-2H3,(H2,26,28,30). The number of para-hydroxylation sites is 2. The van der Waals surface area contributed by atoms with Crippen LogP contribution in [-0.4, -0.2) is 34.2 Å². The molecule has 7 nitrogen and oxygen atoms in total. The molecule has 4 rings (SSSR count). The maximum absolute atomic E-state index is 12.3. The first-order valence-electron chi connectivity index (χ1n) is 10.2. The molecule has 2 aromatic heterocycles. The average Bonchev–Trinajstić information content (AvgIpc) is 3.16. The Kier molecular flexibility index (Phi) is 6.12. The summed E-state index contributed by atoms with van der Waals surface area (Å²) in [6, 6.07) is 19.2. The number of urea groups is 1. The molecular formula is C24H25N5O2. The van der Waals surface area contributed by atoms with Gasteiger partial charge in [-0.25, -0.2) is 14.8 Å². The number of hydrogen-bond donors (Lipinski definition) is 2. The van der Waals surface area contributed by atoms with Crippen LogP contribution in [0.15, 0.2) is 66.9 Å². The van der Waals surface area contributed by atoms with Gasteiger partial charge in [0.1, 0.15) is 17.1 Å². The van der Waals surface area contributed by atoms with Gasteiger partial charge in [-0.2, -0.15) is 0 Å². The Balaban J connectivity index is 1.42. The van der Waals surface area contributed by atoms with E-state index in [1.54, 1.807) is 25.4 Å². The number of rotatable bonds is 7. The van der Waals surface area contributed by atoms with Crippen LogP contribution in [0, 0.1) is 6.92 Å². The molecule has 0 aliphatic heterocycles. The summed E-state index contributed by atoms with van der Waals surface area (Å²) < 4.78 is 7.38. The Hall–Kier alpha value is -3.87. The number of aromatic nitrogens is 3. The number of aryl methyl sites for hydroxylation is 2. The van der Waals surface area contributed by atoms with Crippen LogP contribution in [0.3, 0.4) is 0 Å². The zero-order chi connectivity index (χ0) is 21.6. The highest BCUT2D eigenvalue weighted by atomic mass is 16.5. The summed E-state index contributed by atoms with van der Waals surface area (Å²) >= 11 is 0. The Morgan fingerprint density at radius 3 is 2.68 bits per heavy atom. The van der Waals surface area contributed by atoms with Crippen LogP contribution in [0.2, 0.25) is 0 Å². The number of anilines is 1. The lowest BCUT2D eigenvalue weighted by Gasteiger charge is -2.12. The number of carbonyl (C=O) groups excluding carboxylic acids is 1. The zero-order valence-electron chi connectivity index (χ0n) is 17.6. The van der Waals surface area contributed by atoms with Gasteiger partial charge in [-0.1, -0.05) is 42.0 Å². The summed E-state index contributed by atoms with van der Waals surface area (Å²) in [6.07, 6.45) is 2.51. The first kappa shape index (κ1) is 20.4. The molecule has 31 heavy (non-hydrogen) atoms. The monoisotopic (exact) mass is 415 g/mol. The van der Waals surface area contributed by atoms with Gasteiger partial charge >= 0.3 is 6.03 Å². The minimum absolute atomic E-state index is 0.267. The topological polar surface area (TPSA) is 81.1 Å². The maximum Gasteiger partial charge on any atom is 0.319 e. The molecule has 0 bridgehead atoms. The number of nitrogens with zero attached hydrogens (tertiary/aromatic N) is 3. The van der Waals surface area contributed by atoms with Gasteiger partial charge in [0.25, 0.3) is 0 Å². The molecule has 0 aliphatic carbocycles. The third-order valence-electron chi connectivity index (χ3n) is 5.01. The Morgan fingerprint density at radius 1 is 1.06 bits per heavy atom. The SMILES string of the molecule is COc1ccccc1NC(=O)NCCCn1c(-c2ccc(C)cc2)nc2cccnc21. The molecule has 0 spiro atoms. The van der Waals surface area contributed by atoms with Gasteiger partial charge in [-0.05, 0) is 37.6 Å². The number of amides is 2. The number of fused-ring (bicyclic) bond motifs is 1. The second kappa shape index (κ2) is 9.30. The third-order valence-corrected chi connectivity index (χ3v) is 5.01. The zero-order valence-corrected chi connectivity index (χ0v) is 17.6. The molecule has 0 radical (unpaired) electrons. The smallest absolute Gasteiger partial charge is 0.319 e. The highest BCUT2D eigenvalue weighted by Gasteiger charge is 2.13. The second-order valence-electron chi connectivity index (χ2n) is 7.23. The quantitative estimate of drug-likeness (QED) is 0.431. The van der Waals surface area contributed by atoms with E-state index < -0.39 is 0 Å². The fourth-order valence-electron chi connectivity index (χ4n) is 3.45. The van der Waals surface area contributed by atoms with E-state index in [9.17, 15) is 4.79 Å². The van der Waals surface area contributed by atoms with Crippen LogP contribution in [0.1, 0.15) is 12.0 Å². The van der Waals surface area contributed by atoms with E-state index in [2.05, 4.69) is 51.4 Å². The molecule has 2 aromatic carbocycles. The molecule has 0 fully saturated rings. The number of nitrogens with one attached hydrogen (secondary N) is 2. The van der Waals surface area contributed by atoms with Crippen molar-refractivity contribution in [1.29, 1.82) is 0 Å². The average molecular weight is 415 g/mol. The second-order valence-corrected chi connectivity index (χ2v) is 7.23. The molecule has 0 saturated heterocycles. The number of hydrogen-bond acceptors (Lipinski definition) is 4. The summed E-state index contributed by atoms with van der Waals surface area (Å²) in [6.45, 7) is 3.27. The van der Waals surface area contributed by atoms with Crippen molar-refractivity contribution in [2.75, 3.05) is 19.0 Å². The van der Waals surface area contributed by atoms with E-state index in [0.717, 1.165) is 29.0 Å². The summed E-state index contributed by atoms with van der Waals surface area (Å²) in [5.74, 6) is 1.50. The number of benzene rings is 2. The van der Waals surface area contributed by atoms with Crippen molar-refractivity contribution >= 4 is 22.9 Å². The van der Waals surface area contributed by atoms with Crippen LogP contribution >= 0.6 is 0 Å². The molecule has 0 aliphatic rings. The van der Waals surface area contributed by atoms with Gasteiger partial charge in [-0.15, -0.1) is 0 Å². The van der Waals surface area contributed by atoms with Crippen LogP contribution in [0.4, 0.5) is 10.5 Å². The highest BCUT2D eigenvalue weighted by molar-refractivity contribution is 5.90. The highest BCUT2D eigenvalue weighted by Crippen LogP contribution is 2.25. The molecule has 0 atom stereocenters. The van der Waals surface area contributed by atoms with Crippen LogP contribution in [0.5, 0.6) is 5.75 Å². The van der Waals surface area contributed by atoms with E-state index in [0.29, 0.717) is 24.5 Å². The minimum Gasteiger partial charge on any atom is -0.495 e. The van der Waals surface area contributed by atoms with E-state index in [4.69, 9.17) is 9.72 Å². The largest absolute Gasteiger partial charge is 0.495 e. The van der Waals surface area contributed by atoms with Gasteiger partial charge in [0, 0.05) is 24.8 Å². The Bertz CT molecular complexity index is 1180. The molecule has 2 heterocycles. The molecule has 4 aromatic rings. The lowest BCUT2D eigenvalue weighted by molar-refractivity contribution is 0.251. The van der Waals surface area contributed by atoms with Gasteiger partial charge in [0.15, 0.2) is 5.65 Å². The van der Waals surface area contributed by atoms with E-state index in [-0.39, 0.29) is 6.03 Å². The van der Waals surface area contributed by atoms with Crippen LogP contribution in [-0.2, 0) is 6.54 Å². The molecule has 158 valence electrons. The van der Waals surface area contributed by atoms with Crippen molar-refractivity contribution in [3.05, 3.63) is 72.4 Å². The van der Waals surface area contributed by atoms with Crippen molar-refractivity contribution in [3.8, 4) is 17.1 Å². The van der Waals surface area contributed by atoms with Crippen molar-refractivity contribution in [3.63, 3.8) is 0 Å². The van der Waals surface area contributed by atoms with Crippen molar-refractivity contribution in [2.45, 2.75) is 19.9 Å². The Morgan fingerprint density at radius 2 is 1.87 bits per heavy atom. The number of carbonyl (C=O) groups is 1. The van der Waals surface area contributed by atoms with Crippen molar-refractivity contribution in [1.82, 2.24) is 19.9 Å². The fraction of sp³-hybridized carbons (Fsp3) is 0.208. The summed E-state index contributed by atoms with van der Waals surface area (Å²) in [5, 5.41) is 5.72. The van der Waals surface area contributed by atoms with Crippen LogP contribution in [0.25, 0.3) is 22.6 Å². The van der Waals surface area contributed by atoms with Gasteiger partial charge in [0.05, 0.1) is 12.8 Å². The molecule has 0 unspecified atom stereocenters. The van der Waals surface area contributed by atoms with Crippen LogP contribution < -0.4 is 15.4 Å². The molecule has 7 heteroatoms. The van der Waals surface area contributed by atoms with Gasteiger partial charge < -0.3 is 19.9 Å². The minimum atomic E-state index is -0.267. The number of ether oxygens (including phenoxy) is 1. The third kappa shape index (κ3) is 4.66. The first-order valence-corrected chi connectivity index (χ1v) is 10.2. The fourth-order valence-corrected chi connectivity index (χ4v) is 3.45. The maximum atomic E-state index is 12.3. The Labute approximate surface area is 181 Å².